The van der Waals surface area contributed by atoms with Crippen LogP contribution in [0.15, 0.2) is 61.4 Å². The van der Waals surface area contributed by atoms with Crippen molar-refractivity contribution in [3.8, 4) is 28.1 Å². The number of aromatic nitrogens is 4. The molecular weight excluding hydrogens is 453 g/mol. The van der Waals surface area contributed by atoms with E-state index in [0.717, 1.165) is 5.56 Å². The van der Waals surface area contributed by atoms with Crippen molar-refractivity contribution in [2.75, 3.05) is 31.4 Å². The van der Waals surface area contributed by atoms with Gasteiger partial charge >= 0.3 is 0 Å². The van der Waals surface area contributed by atoms with Crippen LogP contribution >= 0.6 is 0 Å². The minimum atomic E-state index is -0.673. The van der Waals surface area contributed by atoms with Crippen molar-refractivity contribution in [3.05, 3.63) is 67.0 Å². The fourth-order valence-electron chi connectivity index (χ4n) is 3.59. The Morgan fingerprint density at radius 3 is 2.63 bits per heavy atom. The number of nitrogens with zero attached hydrogens (tertiary/aromatic N) is 4. The minimum Gasteiger partial charge on any atom is -0.496 e. The van der Waals surface area contributed by atoms with Gasteiger partial charge in [0.05, 0.1) is 12.7 Å². The Bertz CT molecular complexity index is 1420. The Balaban J connectivity index is 1.85. The van der Waals surface area contributed by atoms with Gasteiger partial charge in [0.25, 0.3) is 5.91 Å². The lowest BCUT2D eigenvalue weighted by molar-refractivity contribution is -0.111. The number of alkyl halides is 1. The summed E-state index contributed by atoms with van der Waals surface area (Å²) < 4.78 is 19.3. The second kappa shape index (κ2) is 10.00. The van der Waals surface area contributed by atoms with Crippen molar-refractivity contribution in [2.24, 2.45) is 0 Å². The van der Waals surface area contributed by atoms with E-state index in [4.69, 9.17) is 10.5 Å². The number of methoxy groups -OCH3 is 1. The number of nitrogen functional groups attached to an aromatic ring is 1. The van der Waals surface area contributed by atoms with Gasteiger partial charge in [0.15, 0.2) is 5.82 Å². The van der Waals surface area contributed by atoms with Crippen LogP contribution in [0.5, 0.6) is 5.75 Å². The first kappa shape index (κ1) is 23.4. The SMILES string of the molecule is C=CC(=O)Nc1ccc(-c2nn3ncnc(N)c3c2-c2ccc(C(=O)NCCF)c(OC)c2)cc1. The third-order valence-corrected chi connectivity index (χ3v) is 5.19. The zero-order valence-corrected chi connectivity index (χ0v) is 18.8. The number of amides is 2. The van der Waals surface area contributed by atoms with Gasteiger partial charge in [0, 0.05) is 23.4 Å². The van der Waals surface area contributed by atoms with Gasteiger partial charge in [0.2, 0.25) is 5.91 Å². The Hall–Kier alpha value is -4.80. The number of halogens is 1. The van der Waals surface area contributed by atoms with E-state index in [9.17, 15) is 14.0 Å². The van der Waals surface area contributed by atoms with E-state index in [1.807, 2.05) is 0 Å². The first-order chi connectivity index (χ1) is 17.0. The summed E-state index contributed by atoms with van der Waals surface area (Å²) in [4.78, 5) is 28.1. The molecule has 2 heterocycles. The van der Waals surface area contributed by atoms with Gasteiger partial charge in [-0.15, -0.1) is 14.8 Å². The summed E-state index contributed by atoms with van der Waals surface area (Å²) in [6.45, 7) is 2.67. The monoisotopic (exact) mass is 475 g/mol. The first-order valence-electron chi connectivity index (χ1n) is 10.5. The van der Waals surface area contributed by atoms with Crippen LogP contribution in [0, 0.1) is 0 Å². The molecule has 0 aliphatic carbocycles. The smallest absolute Gasteiger partial charge is 0.255 e. The lowest BCUT2D eigenvalue weighted by atomic mass is 9.98. The highest BCUT2D eigenvalue weighted by molar-refractivity contribution is 6.01. The number of anilines is 2. The highest BCUT2D eigenvalue weighted by Crippen LogP contribution is 2.38. The summed E-state index contributed by atoms with van der Waals surface area (Å²) in [7, 11) is 1.44. The third-order valence-electron chi connectivity index (χ3n) is 5.19. The summed E-state index contributed by atoms with van der Waals surface area (Å²) in [6, 6.07) is 12.0. The molecule has 35 heavy (non-hydrogen) atoms. The maximum Gasteiger partial charge on any atom is 0.255 e. The molecule has 0 saturated carbocycles. The van der Waals surface area contributed by atoms with Gasteiger partial charge in [-0.05, 0) is 35.9 Å². The van der Waals surface area contributed by atoms with E-state index in [1.54, 1.807) is 42.5 Å². The van der Waals surface area contributed by atoms with E-state index in [-0.39, 0.29) is 23.8 Å². The van der Waals surface area contributed by atoms with Crippen molar-refractivity contribution >= 4 is 28.8 Å². The Kier molecular flexibility index (Phi) is 6.67. The van der Waals surface area contributed by atoms with E-state index in [1.165, 1.54) is 24.1 Å². The molecule has 0 radical (unpaired) electrons. The highest BCUT2D eigenvalue weighted by atomic mass is 19.1. The molecule has 2 aromatic carbocycles. The highest BCUT2D eigenvalue weighted by Gasteiger charge is 2.22. The zero-order chi connectivity index (χ0) is 24.9. The van der Waals surface area contributed by atoms with Crippen molar-refractivity contribution in [2.45, 2.75) is 0 Å². The average Bonchev–Trinajstić information content (AvgIpc) is 3.28. The topological polar surface area (TPSA) is 137 Å². The van der Waals surface area contributed by atoms with Crippen LogP contribution in [0.25, 0.3) is 27.9 Å². The Labute approximate surface area is 199 Å². The normalized spacial score (nSPS) is 10.7. The number of carbonyl (C=O) groups excluding carboxylic acids is 2. The number of nitrogens with one attached hydrogen (secondary N) is 2. The number of rotatable bonds is 8. The van der Waals surface area contributed by atoms with E-state index >= 15 is 0 Å². The number of hydrogen-bond acceptors (Lipinski definition) is 7. The van der Waals surface area contributed by atoms with E-state index in [2.05, 4.69) is 32.4 Å². The molecule has 0 bridgehead atoms. The number of fused-ring (bicyclic) bond motifs is 1. The molecule has 0 fully saturated rings. The number of benzene rings is 2. The summed E-state index contributed by atoms with van der Waals surface area (Å²) in [6.07, 6.45) is 2.49. The van der Waals surface area contributed by atoms with Gasteiger partial charge < -0.3 is 21.1 Å². The molecule has 0 atom stereocenters. The fraction of sp³-hybridized carbons (Fsp3) is 0.125. The molecule has 2 amide bonds. The standard InChI is InChI=1S/C24H22FN7O3/c1-3-19(33)30-16-7-4-14(5-8-16)21-20(22-23(26)28-13-29-32(22)31-21)15-6-9-17(18(12-15)35-2)24(34)27-11-10-25/h3-9,12-13H,1,10-11H2,2H3,(H,27,34)(H,30,33)(H2,26,28,29). The first-order valence-corrected chi connectivity index (χ1v) is 10.5. The summed E-state index contributed by atoms with van der Waals surface area (Å²) in [5.74, 6) is -0.266. The summed E-state index contributed by atoms with van der Waals surface area (Å²) >= 11 is 0. The lowest BCUT2D eigenvalue weighted by Gasteiger charge is -2.12. The average molecular weight is 475 g/mol. The van der Waals surface area contributed by atoms with Crippen LogP contribution in [-0.2, 0) is 4.79 Å². The Morgan fingerprint density at radius 2 is 1.94 bits per heavy atom. The van der Waals surface area contributed by atoms with Crippen molar-refractivity contribution in [1.82, 2.24) is 25.1 Å². The molecule has 4 N–H and O–H groups in total. The molecule has 0 unspecified atom stereocenters. The van der Waals surface area contributed by atoms with Crippen LogP contribution in [0.4, 0.5) is 15.9 Å². The molecule has 0 aliphatic rings. The number of ether oxygens (including phenoxy) is 1. The van der Waals surface area contributed by atoms with Crippen molar-refractivity contribution < 1.29 is 18.7 Å². The lowest BCUT2D eigenvalue weighted by Crippen LogP contribution is -2.25. The third kappa shape index (κ3) is 4.64. The fourth-order valence-corrected chi connectivity index (χ4v) is 3.59. The molecule has 0 spiro atoms. The van der Waals surface area contributed by atoms with Crippen LogP contribution in [0.1, 0.15) is 10.4 Å². The summed E-state index contributed by atoms with van der Waals surface area (Å²) in [5.41, 5.74) is 10.1. The summed E-state index contributed by atoms with van der Waals surface area (Å²) in [5, 5.41) is 14.0. The molecule has 10 nitrogen and oxygen atoms in total. The maximum absolute atomic E-state index is 12.5. The predicted octanol–water partition coefficient (Wildman–Crippen LogP) is 2.87. The molecule has 11 heteroatoms. The molecule has 178 valence electrons. The maximum atomic E-state index is 12.5. The molecule has 0 aliphatic heterocycles. The van der Waals surface area contributed by atoms with Crippen LogP contribution in [-0.4, -0.2) is 52.0 Å². The number of carbonyl (C=O) groups is 2. The molecule has 4 aromatic rings. The number of nitrogens with two attached hydrogens (primary N) is 1. The predicted molar refractivity (Wildman–Crippen MR) is 130 cm³/mol. The zero-order valence-electron chi connectivity index (χ0n) is 18.8. The van der Waals surface area contributed by atoms with Gasteiger partial charge in [-0.3, -0.25) is 9.59 Å². The van der Waals surface area contributed by atoms with E-state index < -0.39 is 12.6 Å². The molecule has 0 saturated heterocycles. The largest absolute Gasteiger partial charge is 0.496 e. The molecule has 2 aromatic heterocycles. The second-order valence-corrected chi connectivity index (χ2v) is 7.34. The quantitative estimate of drug-likeness (QED) is 0.333. The molecule has 4 rings (SSSR count). The van der Waals surface area contributed by atoms with Crippen molar-refractivity contribution in [3.63, 3.8) is 0 Å². The van der Waals surface area contributed by atoms with Gasteiger partial charge in [-0.2, -0.15) is 0 Å². The van der Waals surface area contributed by atoms with Crippen LogP contribution in [0.2, 0.25) is 0 Å². The van der Waals surface area contributed by atoms with Crippen LogP contribution < -0.4 is 21.1 Å². The minimum absolute atomic E-state index is 0.0982. The molecular formula is C24H22FN7O3. The van der Waals surface area contributed by atoms with Crippen molar-refractivity contribution in [1.29, 1.82) is 0 Å². The second-order valence-electron chi connectivity index (χ2n) is 7.34. The van der Waals surface area contributed by atoms with Gasteiger partial charge in [-0.25, -0.2) is 9.37 Å². The van der Waals surface area contributed by atoms with Gasteiger partial charge in [0.1, 0.15) is 30.0 Å². The number of hydrogen-bond donors (Lipinski definition) is 3. The van der Waals surface area contributed by atoms with E-state index in [0.29, 0.717) is 33.8 Å². The van der Waals surface area contributed by atoms with Crippen LogP contribution in [0.3, 0.4) is 0 Å². The van der Waals surface area contributed by atoms with Gasteiger partial charge in [-0.1, -0.05) is 24.8 Å². The Morgan fingerprint density at radius 1 is 1.20 bits per heavy atom.